The number of amides is 1. The quantitative estimate of drug-likeness (QED) is 0.794. The Morgan fingerprint density at radius 1 is 1.35 bits per heavy atom. The van der Waals surface area contributed by atoms with Crippen LogP contribution in [-0.4, -0.2) is 38.8 Å². The summed E-state index contributed by atoms with van der Waals surface area (Å²) < 4.78 is 0. The molecule has 4 atom stereocenters. The van der Waals surface area contributed by atoms with E-state index in [0.29, 0.717) is 12.3 Å². The molecule has 1 amide bonds. The lowest BCUT2D eigenvalue weighted by Crippen LogP contribution is -2.48. The number of carboxylic acid groups (broad SMARTS) is 1. The smallest absolute Gasteiger partial charge is 0.326 e. The third-order valence-electron chi connectivity index (χ3n) is 3.97. The number of hydrogen-bond donors (Lipinski definition) is 1. The van der Waals surface area contributed by atoms with Crippen LogP contribution in [0.25, 0.3) is 0 Å². The summed E-state index contributed by atoms with van der Waals surface area (Å²) in [6, 6.07) is -0.465. The normalized spacial score (nSPS) is 34.2. The summed E-state index contributed by atoms with van der Waals surface area (Å²) >= 11 is 3.26. The van der Waals surface area contributed by atoms with E-state index in [-0.39, 0.29) is 16.8 Å². The molecule has 0 aromatic heterocycles. The molecule has 0 bridgehead atoms. The molecule has 0 spiro atoms. The van der Waals surface area contributed by atoms with E-state index in [1.165, 1.54) is 6.42 Å². The zero-order valence-corrected chi connectivity index (χ0v) is 11.5. The average Bonchev–Trinajstić information content (AvgIpc) is 2.67. The fourth-order valence-corrected chi connectivity index (χ4v) is 3.44. The van der Waals surface area contributed by atoms with Crippen LogP contribution in [0.1, 0.15) is 39.0 Å². The van der Waals surface area contributed by atoms with Crippen molar-refractivity contribution in [1.82, 2.24) is 4.90 Å². The predicted molar refractivity (Wildman–Crippen MR) is 67.0 cm³/mol. The molecule has 0 aromatic rings. The number of nitrogens with zero attached hydrogens (tertiary/aromatic N) is 1. The van der Waals surface area contributed by atoms with Gasteiger partial charge in [0.25, 0.3) is 0 Å². The maximum atomic E-state index is 12.1. The molecule has 2 aliphatic rings. The van der Waals surface area contributed by atoms with Crippen LogP contribution in [0.3, 0.4) is 0 Å². The molecule has 1 aliphatic heterocycles. The van der Waals surface area contributed by atoms with Gasteiger partial charge in [-0.15, -0.1) is 0 Å². The molecular formula is C12H18BrNO3. The van der Waals surface area contributed by atoms with Crippen molar-refractivity contribution >= 4 is 27.8 Å². The number of fused-ring (bicyclic) bond motifs is 1. The summed E-state index contributed by atoms with van der Waals surface area (Å²) in [7, 11) is 0. The molecule has 0 aromatic carbocycles. The number of carbonyl (C=O) groups excluding carboxylic acids is 1. The van der Waals surface area contributed by atoms with Crippen molar-refractivity contribution in [2.45, 2.75) is 55.9 Å². The van der Waals surface area contributed by atoms with E-state index in [2.05, 4.69) is 15.9 Å². The molecule has 5 heteroatoms. The molecule has 1 saturated heterocycles. The molecule has 0 radical (unpaired) electrons. The minimum absolute atomic E-state index is 0.0770. The number of rotatable bonds is 2. The van der Waals surface area contributed by atoms with E-state index in [1.54, 1.807) is 11.8 Å². The van der Waals surface area contributed by atoms with E-state index in [4.69, 9.17) is 0 Å². The Hall–Kier alpha value is -0.580. The highest BCUT2D eigenvalue weighted by Crippen LogP contribution is 2.40. The maximum absolute atomic E-state index is 12.1. The first-order chi connectivity index (χ1) is 8.02. The van der Waals surface area contributed by atoms with Gasteiger partial charge < -0.3 is 10.0 Å². The van der Waals surface area contributed by atoms with Gasteiger partial charge in [-0.25, -0.2) is 4.79 Å². The fraction of sp³-hybridized carbons (Fsp3) is 0.833. The summed E-state index contributed by atoms with van der Waals surface area (Å²) in [6.07, 6.45) is 4.92. The van der Waals surface area contributed by atoms with Crippen LogP contribution in [0.5, 0.6) is 0 Å². The molecule has 1 aliphatic carbocycles. The van der Waals surface area contributed by atoms with Gasteiger partial charge >= 0.3 is 5.97 Å². The van der Waals surface area contributed by atoms with E-state index in [0.717, 1.165) is 19.3 Å². The second-order valence-corrected chi connectivity index (χ2v) is 6.44. The highest BCUT2D eigenvalue weighted by Gasteiger charge is 2.47. The Kier molecular flexibility index (Phi) is 3.76. The van der Waals surface area contributed by atoms with Crippen LogP contribution in [0.4, 0.5) is 0 Å². The summed E-state index contributed by atoms with van der Waals surface area (Å²) in [5.41, 5.74) is 0. The molecule has 96 valence electrons. The number of halogens is 1. The molecule has 2 fully saturated rings. The van der Waals surface area contributed by atoms with Crippen molar-refractivity contribution in [3.63, 3.8) is 0 Å². The predicted octanol–water partition coefficient (Wildman–Crippen LogP) is 2.01. The van der Waals surface area contributed by atoms with Crippen LogP contribution in [0.15, 0.2) is 0 Å². The number of aliphatic carboxylic acids is 1. The summed E-state index contributed by atoms with van der Waals surface area (Å²) in [5, 5.41) is 9.25. The standard InChI is InChI=1S/C12H18BrNO3/c1-7(13)11(15)14-9-5-3-2-4-8(9)6-10(14)12(16)17/h7-10H,2-6H2,1H3,(H,16,17)/t7-,8?,9+,10?/m1/s1. The van der Waals surface area contributed by atoms with Gasteiger partial charge in [0.15, 0.2) is 0 Å². The van der Waals surface area contributed by atoms with Crippen LogP contribution in [0.2, 0.25) is 0 Å². The minimum Gasteiger partial charge on any atom is -0.480 e. The molecule has 1 heterocycles. The zero-order chi connectivity index (χ0) is 12.6. The Morgan fingerprint density at radius 3 is 2.59 bits per heavy atom. The van der Waals surface area contributed by atoms with Crippen molar-refractivity contribution in [1.29, 1.82) is 0 Å². The largest absolute Gasteiger partial charge is 0.480 e. The molecule has 4 nitrogen and oxygen atoms in total. The van der Waals surface area contributed by atoms with Gasteiger partial charge in [-0.2, -0.15) is 0 Å². The van der Waals surface area contributed by atoms with Gasteiger partial charge in [0.05, 0.1) is 4.83 Å². The van der Waals surface area contributed by atoms with Gasteiger partial charge in [-0.05, 0) is 32.1 Å². The van der Waals surface area contributed by atoms with E-state index in [9.17, 15) is 14.7 Å². The van der Waals surface area contributed by atoms with Crippen LogP contribution >= 0.6 is 15.9 Å². The summed E-state index contributed by atoms with van der Waals surface area (Å²) in [4.78, 5) is 24.7. The first-order valence-electron chi connectivity index (χ1n) is 6.21. The van der Waals surface area contributed by atoms with E-state index >= 15 is 0 Å². The van der Waals surface area contributed by atoms with Crippen LogP contribution in [0, 0.1) is 5.92 Å². The van der Waals surface area contributed by atoms with Crippen molar-refractivity contribution in [2.24, 2.45) is 5.92 Å². The molecular weight excluding hydrogens is 286 g/mol. The lowest BCUT2D eigenvalue weighted by atomic mass is 9.84. The molecule has 17 heavy (non-hydrogen) atoms. The lowest BCUT2D eigenvalue weighted by molar-refractivity contribution is -0.149. The minimum atomic E-state index is -0.860. The van der Waals surface area contributed by atoms with Gasteiger partial charge in [0.2, 0.25) is 5.91 Å². The third-order valence-corrected chi connectivity index (χ3v) is 4.36. The van der Waals surface area contributed by atoms with Crippen molar-refractivity contribution in [2.75, 3.05) is 0 Å². The number of carbonyl (C=O) groups is 2. The fourth-order valence-electron chi connectivity index (χ4n) is 3.20. The second-order valence-electron chi connectivity index (χ2n) is 5.06. The average molecular weight is 304 g/mol. The summed E-state index contributed by atoms with van der Waals surface area (Å²) in [5.74, 6) is -0.548. The molecule has 2 rings (SSSR count). The van der Waals surface area contributed by atoms with Gasteiger partial charge in [-0.1, -0.05) is 28.8 Å². The Morgan fingerprint density at radius 2 is 2.00 bits per heavy atom. The van der Waals surface area contributed by atoms with Gasteiger partial charge in [-0.3, -0.25) is 4.79 Å². The lowest BCUT2D eigenvalue weighted by Gasteiger charge is -2.33. The molecule has 2 unspecified atom stereocenters. The third kappa shape index (κ3) is 2.34. The highest BCUT2D eigenvalue weighted by atomic mass is 79.9. The van der Waals surface area contributed by atoms with Gasteiger partial charge in [0.1, 0.15) is 6.04 Å². The Labute approximate surface area is 109 Å². The zero-order valence-electron chi connectivity index (χ0n) is 9.93. The number of hydrogen-bond acceptors (Lipinski definition) is 2. The topological polar surface area (TPSA) is 57.6 Å². The number of likely N-dealkylation sites (tertiary alicyclic amines) is 1. The van der Waals surface area contributed by atoms with Gasteiger partial charge in [0, 0.05) is 6.04 Å². The maximum Gasteiger partial charge on any atom is 0.326 e. The van der Waals surface area contributed by atoms with Crippen LogP contribution < -0.4 is 0 Å². The SMILES string of the molecule is C[C@@H](Br)C(=O)N1C(C(=O)O)CC2CCCC[C@@H]21. The number of alkyl halides is 1. The first-order valence-corrected chi connectivity index (χ1v) is 7.13. The van der Waals surface area contributed by atoms with Crippen molar-refractivity contribution in [3.05, 3.63) is 0 Å². The first kappa shape index (κ1) is 12.9. The molecule has 1 saturated carbocycles. The van der Waals surface area contributed by atoms with E-state index in [1.807, 2.05) is 0 Å². The molecule has 1 N–H and O–H groups in total. The highest BCUT2D eigenvalue weighted by molar-refractivity contribution is 9.10. The van der Waals surface area contributed by atoms with Crippen LogP contribution in [-0.2, 0) is 9.59 Å². The Bertz CT molecular complexity index is 332. The van der Waals surface area contributed by atoms with Crippen molar-refractivity contribution in [3.8, 4) is 0 Å². The monoisotopic (exact) mass is 303 g/mol. The van der Waals surface area contributed by atoms with E-state index < -0.39 is 12.0 Å². The Balaban J connectivity index is 2.23. The number of carboxylic acids is 1. The summed E-state index contributed by atoms with van der Waals surface area (Å²) in [6.45, 7) is 1.76. The van der Waals surface area contributed by atoms with Crippen molar-refractivity contribution < 1.29 is 14.7 Å². The second kappa shape index (κ2) is 4.96.